The SMILES string of the molecule is CC1CCN(C(=O)N(C)CCC#N)C1C(=O)O. The fourth-order valence-corrected chi connectivity index (χ4v) is 2.07. The van der Waals surface area contributed by atoms with Crippen molar-refractivity contribution in [3.05, 3.63) is 0 Å². The Bertz CT molecular complexity index is 350. The number of amides is 2. The van der Waals surface area contributed by atoms with E-state index < -0.39 is 12.0 Å². The largest absolute Gasteiger partial charge is 0.480 e. The predicted octanol–water partition coefficient (Wildman–Crippen LogP) is 0.747. The number of hydrogen-bond acceptors (Lipinski definition) is 3. The van der Waals surface area contributed by atoms with Crippen molar-refractivity contribution in [2.75, 3.05) is 20.1 Å². The van der Waals surface area contributed by atoms with Crippen LogP contribution in [0.4, 0.5) is 4.79 Å². The molecule has 2 amide bonds. The molecule has 17 heavy (non-hydrogen) atoms. The van der Waals surface area contributed by atoms with Crippen LogP contribution in [0.2, 0.25) is 0 Å². The van der Waals surface area contributed by atoms with Crippen molar-refractivity contribution in [2.24, 2.45) is 5.92 Å². The number of aliphatic carboxylic acids is 1. The molecule has 0 saturated carbocycles. The smallest absolute Gasteiger partial charge is 0.326 e. The minimum Gasteiger partial charge on any atom is -0.480 e. The predicted molar refractivity (Wildman–Crippen MR) is 60.2 cm³/mol. The van der Waals surface area contributed by atoms with E-state index >= 15 is 0 Å². The Morgan fingerprint density at radius 3 is 2.76 bits per heavy atom. The number of carbonyl (C=O) groups excluding carboxylic acids is 1. The summed E-state index contributed by atoms with van der Waals surface area (Å²) in [6.07, 6.45) is 0.957. The lowest BCUT2D eigenvalue weighted by Gasteiger charge is -2.28. The highest BCUT2D eigenvalue weighted by atomic mass is 16.4. The molecular weight excluding hydrogens is 222 g/mol. The van der Waals surface area contributed by atoms with Gasteiger partial charge in [-0.25, -0.2) is 9.59 Å². The topological polar surface area (TPSA) is 84.6 Å². The van der Waals surface area contributed by atoms with E-state index in [1.807, 2.05) is 13.0 Å². The first kappa shape index (κ1) is 13.3. The molecule has 1 saturated heterocycles. The zero-order valence-electron chi connectivity index (χ0n) is 10.1. The number of carbonyl (C=O) groups is 2. The fraction of sp³-hybridized carbons (Fsp3) is 0.727. The summed E-state index contributed by atoms with van der Waals surface area (Å²) < 4.78 is 0. The lowest BCUT2D eigenvalue weighted by atomic mass is 10.0. The third-order valence-electron chi connectivity index (χ3n) is 3.08. The molecule has 0 aliphatic carbocycles. The number of hydrogen-bond donors (Lipinski definition) is 1. The maximum atomic E-state index is 12.0. The number of carboxylic acids is 1. The lowest BCUT2D eigenvalue weighted by Crippen LogP contribution is -2.48. The standard InChI is InChI=1S/C11H17N3O3/c1-8-4-7-14(9(8)10(15)16)11(17)13(2)6-3-5-12/h8-9H,3-4,6-7H2,1-2H3,(H,15,16). The highest BCUT2D eigenvalue weighted by molar-refractivity contribution is 5.83. The van der Waals surface area contributed by atoms with Crippen molar-refractivity contribution in [3.63, 3.8) is 0 Å². The molecule has 0 aromatic rings. The van der Waals surface area contributed by atoms with Crippen LogP contribution in [0.15, 0.2) is 0 Å². The van der Waals surface area contributed by atoms with Gasteiger partial charge in [-0.2, -0.15) is 5.26 Å². The minimum atomic E-state index is -0.961. The molecule has 1 rings (SSSR count). The van der Waals surface area contributed by atoms with Gasteiger partial charge in [0, 0.05) is 20.1 Å². The molecule has 1 fully saturated rings. The summed E-state index contributed by atoms with van der Waals surface area (Å²) in [5.41, 5.74) is 0. The van der Waals surface area contributed by atoms with Gasteiger partial charge in [-0.3, -0.25) is 0 Å². The van der Waals surface area contributed by atoms with E-state index in [2.05, 4.69) is 0 Å². The van der Waals surface area contributed by atoms with Crippen molar-refractivity contribution in [1.82, 2.24) is 9.80 Å². The molecule has 0 aromatic heterocycles. The van der Waals surface area contributed by atoms with Gasteiger partial charge >= 0.3 is 12.0 Å². The van der Waals surface area contributed by atoms with Gasteiger partial charge in [0.2, 0.25) is 0 Å². The van der Waals surface area contributed by atoms with Crippen LogP contribution in [0.25, 0.3) is 0 Å². The summed E-state index contributed by atoms with van der Waals surface area (Å²) in [7, 11) is 1.58. The number of likely N-dealkylation sites (tertiary alicyclic amines) is 1. The summed E-state index contributed by atoms with van der Waals surface area (Å²) in [6, 6.07) is 0.906. The summed E-state index contributed by atoms with van der Waals surface area (Å²) in [5.74, 6) is -0.988. The first-order valence-corrected chi connectivity index (χ1v) is 5.60. The summed E-state index contributed by atoms with van der Waals surface area (Å²) >= 11 is 0. The molecule has 0 spiro atoms. The van der Waals surface area contributed by atoms with Crippen LogP contribution in [0, 0.1) is 17.2 Å². The Balaban J connectivity index is 2.69. The van der Waals surface area contributed by atoms with E-state index in [1.165, 1.54) is 9.80 Å². The Labute approximate surface area is 100 Å². The van der Waals surface area contributed by atoms with Crippen molar-refractivity contribution in [1.29, 1.82) is 5.26 Å². The third kappa shape index (κ3) is 2.87. The molecule has 1 N–H and O–H groups in total. The highest BCUT2D eigenvalue weighted by Crippen LogP contribution is 2.25. The van der Waals surface area contributed by atoms with Crippen LogP contribution < -0.4 is 0 Å². The second-order valence-corrected chi connectivity index (χ2v) is 4.35. The molecule has 6 nitrogen and oxygen atoms in total. The van der Waals surface area contributed by atoms with Crippen LogP contribution in [-0.4, -0.2) is 53.1 Å². The van der Waals surface area contributed by atoms with Crippen molar-refractivity contribution >= 4 is 12.0 Å². The molecule has 1 aliphatic heterocycles. The van der Waals surface area contributed by atoms with Crippen molar-refractivity contribution < 1.29 is 14.7 Å². The number of rotatable bonds is 3. The summed E-state index contributed by atoms with van der Waals surface area (Å²) in [6.45, 7) is 2.63. The fourth-order valence-electron chi connectivity index (χ4n) is 2.07. The molecule has 1 heterocycles. The third-order valence-corrected chi connectivity index (χ3v) is 3.08. The number of nitrogens with zero attached hydrogens (tertiary/aromatic N) is 3. The Kier molecular flexibility index (Phi) is 4.32. The zero-order chi connectivity index (χ0) is 13.0. The van der Waals surface area contributed by atoms with Crippen LogP contribution in [-0.2, 0) is 4.79 Å². The van der Waals surface area contributed by atoms with Crippen LogP contribution in [0.1, 0.15) is 19.8 Å². The average molecular weight is 239 g/mol. The van der Waals surface area contributed by atoms with E-state index in [0.29, 0.717) is 19.5 Å². The van der Waals surface area contributed by atoms with Gasteiger partial charge in [-0.15, -0.1) is 0 Å². The van der Waals surface area contributed by atoms with Crippen molar-refractivity contribution in [3.8, 4) is 6.07 Å². The van der Waals surface area contributed by atoms with Gasteiger partial charge in [0.05, 0.1) is 12.5 Å². The van der Waals surface area contributed by atoms with Gasteiger partial charge in [0.15, 0.2) is 0 Å². The van der Waals surface area contributed by atoms with Gasteiger partial charge in [0.1, 0.15) is 6.04 Å². The second kappa shape index (κ2) is 5.53. The van der Waals surface area contributed by atoms with E-state index in [1.54, 1.807) is 7.05 Å². The summed E-state index contributed by atoms with van der Waals surface area (Å²) in [5, 5.41) is 17.5. The number of carboxylic acid groups (broad SMARTS) is 1. The maximum absolute atomic E-state index is 12.0. The monoisotopic (exact) mass is 239 g/mol. The number of urea groups is 1. The zero-order valence-corrected chi connectivity index (χ0v) is 10.1. The highest BCUT2D eigenvalue weighted by Gasteiger charge is 2.40. The number of nitriles is 1. The molecule has 1 aliphatic rings. The summed E-state index contributed by atoms with van der Waals surface area (Å²) in [4.78, 5) is 25.9. The molecule has 0 bridgehead atoms. The molecular formula is C11H17N3O3. The lowest BCUT2D eigenvalue weighted by molar-refractivity contribution is -0.142. The Morgan fingerprint density at radius 2 is 2.24 bits per heavy atom. The maximum Gasteiger partial charge on any atom is 0.326 e. The van der Waals surface area contributed by atoms with Crippen LogP contribution in [0.5, 0.6) is 0 Å². The molecule has 0 radical (unpaired) electrons. The van der Waals surface area contributed by atoms with Gasteiger partial charge in [0.25, 0.3) is 0 Å². The van der Waals surface area contributed by atoms with E-state index in [0.717, 1.165) is 0 Å². The molecule has 0 aromatic carbocycles. The molecule has 2 unspecified atom stereocenters. The minimum absolute atomic E-state index is 0.0270. The first-order chi connectivity index (χ1) is 7.99. The van der Waals surface area contributed by atoms with Gasteiger partial charge in [-0.1, -0.05) is 6.92 Å². The van der Waals surface area contributed by atoms with E-state index in [4.69, 9.17) is 10.4 Å². The second-order valence-electron chi connectivity index (χ2n) is 4.35. The van der Waals surface area contributed by atoms with Crippen molar-refractivity contribution in [2.45, 2.75) is 25.8 Å². The molecule has 6 heteroatoms. The molecule has 94 valence electrons. The van der Waals surface area contributed by atoms with Crippen LogP contribution in [0.3, 0.4) is 0 Å². The van der Waals surface area contributed by atoms with E-state index in [9.17, 15) is 9.59 Å². The quantitative estimate of drug-likeness (QED) is 0.787. The Hall–Kier alpha value is -1.77. The van der Waals surface area contributed by atoms with Gasteiger partial charge in [-0.05, 0) is 12.3 Å². The van der Waals surface area contributed by atoms with Gasteiger partial charge < -0.3 is 14.9 Å². The molecule has 2 atom stereocenters. The Morgan fingerprint density at radius 1 is 1.59 bits per heavy atom. The normalized spacial score (nSPS) is 23.2. The van der Waals surface area contributed by atoms with Crippen LogP contribution >= 0.6 is 0 Å². The first-order valence-electron chi connectivity index (χ1n) is 5.60. The van der Waals surface area contributed by atoms with E-state index in [-0.39, 0.29) is 18.4 Å². The average Bonchev–Trinajstić information content (AvgIpc) is 2.66.